The molecule has 1 fully saturated rings. The molecule has 18 heavy (non-hydrogen) atoms. The lowest BCUT2D eigenvalue weighted by Gasteiger charge is -2.42. The maximum Gasteiger partial charge on any atom is 0.228 e. The standard InChI is InChI=1S/C14H26N2O2/c1-10-9-11(12(17)15(3)4)7-8-14(10,2)13(18)16(5)6/h10-11H,7-9H2,1-6H3. The van der Waals surface area contributed by atoms with Crippen LogP contribution < -0.4 is 0 Å². The van der Waals surface area contributed by atoms with Crippen LogP contribution in [0.1, 0.15) is 33.1 Å². The SMILES string of the molecule is CC1CC(C(=O)N(C)C)CCC1(C)C(=O)N(C)C. The van der Waals surface area contributed by atoms with Crippen LogP contribution in [0, 0.1) is 17.3 Å². The smallest absolute Gasteiger partial charge is 0.228 e. The fourth-order valence-electron chi connectivity index (χ4n) is 2.94. The van der Waals surface area contributed by atoms with Gasteiger partial charge in [0.2, 0.25) is 11.8 Å². The van der Waals surface area contributed by atoms with E-state index in [9.17, 15) is 9.59 Å². The van der Waals surface area contributed by atoms with Crippen LogP contribution >= 0.6 is 0 Å². The first-order valence-corrected chi connectivity index (χ1v) is 6.63. The molecule has 0 bridgehead atoms. The van der Waals surface area contributed by atoms with E-state index >= 15 is 0 Å². The minimum Gasteiger partial charge on any atom is -0.349 e. The Morgan fingerprint density at radius 2 is 1.67 bits per heavy atom. The summed E-state index contributed by atoms with van der Waals surface area (Å²) in [6.07, 6.45) is 2.43. The molecular formula is C14H26N2O2. The van der Waals surface area contributed by atoms with Crippen molar-refractivity contribution in [3.8, 4) is 0 Å². The number of hydrogen-bond acceptors (Lipinski definition) is 2. The second-order valence-corrected chi connectivity index (χ2v) is 6.22. The molecule has 0 spiro atoms. The van der Waals surface area contributed by atoms with Gasteiger partial charge in [0.05, 0.1) is 0 Å². The van der Waals surface area contributed by atoms with Crippen molar-refractivity contribution in [3.63, 3.8) is 0 Å². The minimum atomic E-state index is -0.313. The maximum absolute atomic E-state index is 12.3. The van der Waals surface area contributed by atoms with E-state index in [1.54, 1.807) is 38.0 Å². The third kappa shape index (κ3) is 2.68. The van der Waals surface area contributed by atoms with Crippen LogP contribution in [0.15, 0.2) is 0 Å². The molecule has 1 aliphatic rings. The molecule has 4 heteroatoms. The molecule has 0 aliphatic heterocycles. The average molecular weight is 254 g/mol. The summed E-state index contributed by atoms with van der Waals surface area (Å²) in [6.45, 7) is 4.13. The Hall–Kier alpha value is -1.06. The Balaban J connectivity index is 2.78. The molecule has 0 aromatic carbocycles. The summed E-state index contributed by atoms with van der Waals surface area (Å²) in [4.78, 5) is 27.6. The van der Waals surface area contributed by atoms with Crippen molar-refractivity contribution in [2.24, 2.45) is 17.3 Å². The quantitative estimate of drug-likeness (QED) is 0.751. The lowest BCUT2D eigenvalue weighted by atomic mass is 9.64. The summed E-state index contributed by atoms with van der Waals surface area (Å²) in [5.74, 6) is 0.708. The van der Waals surface area contributed by atoms with Crippen LogP contribution in [0.2, 0.25) is 0 Å². The fraction of sp³-hybridized carbons (Fsp3) is 0.857. The van der Waals surface area contributed by atoms with Gasteiger partial charge in [-0.25, -0.2) is 0 Å². The predicted octanol–water partition coefficient (Wildman–Crippen LogP) is 1.61. The molecule has 0 aromatic rings. The molecule has 0 saturated heterocycles. The zero-order valence-corrected chi connectivity index (χ0v) is 12.5. The second-order valence-electron chi connectivity index (χ2n) is 6.22. The first kappa shape index (κ1) is 15.0. The van der Waals surface area contributed by atoms with Gasteiger partial charge in [0.25, 0.3) is 0 Å². The van der Waals surface area contributed by atoms with E-state index in [0.29, 0.717) is 0 Å². The summed E-state index contributed by atoms with van der Waals surface area (Å²) in [7, 11) is 7.20. The van der Waals surface area contributed by atoms with E-state index in [2.05, 4.69) is 6.92 Å². The largest absolute Gasteiger partial charge is 0.349 e. The predicted molar refractivity (Wildman–Crippen MR) is 72.0 cm³/mol. The highest BCUT2D eigenvalue weighted by atomic mass is 16.2. The van der Waals surface area contributed by atoms with Gasteiger partial charge in [-0.15, -0.1) is 0 Å². The van der Waals surface area contributed by atoms with E-state index in [1.807, 2.05) is 6.92 Å². The zero-order chi connectivity index (χ0) is 14.1. The van der Waals surface area contributed by atoms with Crippen molar-refractivity contribution in [2.75, 3.05) is 28.2 Å². The van der Waals surface area contributed by atoms with Crippen LogP contribution in [0.25, 0.3) is 0 Å². The van der Waals surface area contributed by atoms with Gasteiger partial charge in [0.15, 0.2) is 0 Å². The van der Waals surface area contributed by atoms with Crippen molar-refractivity contribution in [1.29, 1.82) is 0 Å². The third-order valence-electron chi connectivity index (χ3n) is 4.42. The highest BCUT2D eigenvalue weighted by molar-refractivity contribution is 5.83. The van der Waals surface area contributed by atoms with Crippen LogP contribution in [0.3, 0.4) is 0 Å². The summed E-state index contributed by atoms with van der Waals surface area (Å²) in [5, 5.41) is 0. The Labute approximate surface area is 110 Å². The molecule has 1 aliphatic carbocycles. The molecule has 0 N–H and O–H groups in total. The Bertz CT molecular complexity index is 339. The summed E-state index contributed by atoms with van der Waals surface area (Å²) >= 11 is 0. The monoisotopic (exact) mass is 254 g/mol. The Morgan fingerprint density at radius 3 is 2.06 bits per heavy atom. The first-order valence-electron chi connectivity index (χ1n) is 6.63. The normalized spacial score (nSPS) is 31.9. The number of nitrogens with zero attached hydrogens (tertiary/aromatic N) is 2. The molecule has 1 saturated carbocycles. The second kappa shape index (κ2) is 5.29. The van der Waals surface area contributed by atoms with E-state index in [4.69, 9.17) is 0 Å². The maximum atomic E-state index is 12.3. The molecule has 2 amide bonds. The van der Waals surface area contributed by atoms with Gasteiger partial charge in [-0.05, 0) is 25.2 Å². The molecule has 0 heterocycles. The van der Waals surface area contributed by atoms with E-state index in [0.717, 1.165) is 19.3 Å². The molecule has 1 rings (SSSR count). The first-order chi connectivity index (χ1) is 8.20. The third-order valence-corrected chi connectivity index (χ3v) is 4.42. The lowest BCUT2D eigenvalue weighted by Crippen LogP contribution is -2.47. The van der Waals surface area contributed by atoms with Crippen LogP contribution in [0.5, 0.6) is 0 Å². The van der Waals surface area contributed by atoms with Crippen molar-refractivity contribution >= 4 is 11.8 Å². The highest BCUT2D eigenvalue weighted by Crippen LogP contribution is 2.44. The molecule has 3 atom stereocenters. The van der Waals surface area contributed by atoms with Gasteiger partial charge in [-0.3, -0.25) is 9.59 Å². The molecule has 0 radical (unpaired) electrons. The molecule has 3 unspecified atom stereocenters. The Morgan fingerprint density at radius 1 is 1.11 bits per heavy atom. The van der Waals surface area contributed by atoms with Crippen LogP contribution in [-0.4, -0.2) is 49.8 Å². The summed E-state index contributed by atoms with van der Waals surface area (Å²) in [6, 6.07) is 0. The number of carbonyl (C=O) groups excluding carboxylic acids is 2. The fourth-order valence-corrected chi connectivity index (χ4v) is 2.94. The van der Waals surface area contributed by atoms with Crippen molar-refractivity contribution in [3.05, 3.63) is 0 Å². The van der Waals surface area contributed by atoms with E-state index in [1.165, 1.54) is 0 Å². The number of rotatable bonds is 2. The van der Waals surface area contributed by atoms with Crippen LogP contribution in [0.4, 0.5) is 0 Å². The lowest BCUT2D eigenvalue weighted by molar-refractivity contribution is -0.148. The number of amides is 2. The number of carbonyl (C=O) groups is 2. The van der Waals surface area contributed by atoms with E-state index in [-0.39, 0.29) is 29.1 Å². The molecular weight excluding hydrogens is 228 g/mol. The van der Waals surface area contributed by atoms with Gasteiger partial charge >= 0.3 is 0 Å². The summed E-state index contributed by atoms with van der Waals surface area (Å²) < 4.78 is 0. The van der Waals surface area contributed by atoms with Gasteiger partial charge in [-0.2, -0.15) is 0 Å². The van der Waals surface area contributed by atoms with Crippen molar-refractivity contribution in [1.82, 2.24) is 9.80 Å². The Kier molecular flexibility index (Phi) is 4.41. The van der Waals surface area contributed by atoms with Gasteiger partial charge in [0.1, 0.15) is 0 Å². The van der Waals surface area contributed by atoms with Crippen LogP contribution in [-0.2, 0) is 9.59 Å². The molecule has 4 nitrogen and oxygen atoms in total. The molecule has 0 aromatic heterocycles. The van der Waals surface area contributed by atoms with Gasteiger partial charge in [0, 0.05) is 39.5 Å². The average Bonchev–Trinajstić information content (AvgIpc) is 2.30. The topological polar surface area (TPSA) is 40.6 Å². The van der Waals surface area contributed by atoms with Gasteiger partial charge < -0.3 is 9.80 Å². The highest BCUT2D eigenvalue weighted by Gasteiger charge is 2.45. The van der Waals surface area contributed by atoms with Crippen molar-refractivity contribution < 1.29 is 9.59 Å². The van der Waals surface area contributed by atoms with Crippen molar-refractivity contribution in [2.45, 2.75) is 33.1 Å². The number of hydrogen-bond donors (Lipinski definition) is 0. The zero-order valence-electron chi connectivity index (χ0n) is 12.5. The van der Waals surface area contributed by atoms with Gasteiger partial charge in [-0.1, -0.05) is 13.8 Å². The van der Waals surface area contributed by atoms with E-state index < -0.39 is 0 Å². The molecule has 104 valence electrons. The minimum absolute atomic E-state index is 0.0815. The summed E-state index contributed by atoms with van der Waals surface area (Å²) in [5.41, 5.74) is -0.313.